The fourth-order valence-corrected chi connectivity index (χ4v) is 1.03. The zero-order valence-corrected chi connectivity index (χ0v) is 16.9. The summed E-state index contributed by atoms with van der Waals surface area (Å²) in [4.78, 5) is 0. The number of rotatable bonds is 0. The monoisotopic (exact) mass is 505 g/mol. The molecule has 0 unspecified atom stereocenters. The van der Waals surface area contributed by atoms with Crippen LogP contribution in [0.1, 0.15) is 16.3 Å². The summed E-state index contributed by atoms with van der Waals surface area (Å²) in [6.45, 7) is 0. The molecule has 0 fully saturated rings. The second kappa shape index (κ2) is 25.2. The Kier molecular flexibility index (Phi) is 33.6. The first-order valence-corrected chi connectivity index (χ1v) is 5.73. The summed E-state index contributed by atoms with van der Waals surface area (Å²) in [7, 11) is 0. The molecule has 2 heteroatoms. The van der Waals surface area contributed by atoms with Gasteiger partial charge in [-0.05, 0) is 18.2 Å². The summed E-state index contributed by atoms with van der Waals surface area (Å²) in [6.07, 6.45) is 0. The molecule has 0 aromatic heterocycles. The Morgan fingerprint density at radius 3 is 0.591 bits per heavy atom. The van der Waals surface area contributed by atoms with E-state index in [1.165, 1.54) is 0 Å². The minimum atomic E-state index is 0. The van der Waals surface area contributed by atoms with Crippen molar-refractivity contribution in [1.29, 1.82) is 0 Å². The third-order valence-corrected chi connectivity index (χ3v) is 1.82. The zero-order chi connectivity index (χ0) is 12.7. The summed E-state index contributed by atoms with van der Waals surface area (Å²) in [5.41, 5.74) is 0. The molecule has 22 heavy (non-hydrogen) atoms. The van der Waals surface area contributed by atoms with Crippen molar-refractivity contribution in [3.63, 3.8) is 0 Å². The molecule has 113 valence electrons. The standard InChI is InChI=1S/3C6H5.2CH4.2Sn.H2/c3*1-2-4-6-5-3-1;;;;;/h3*1-5H;2*1H4;;;1H. The summed E-state index contributed by atoms with van der Waals surface area (Å²) in [6, 6.07) is 37.5. The number of hydrogen-bond acceptors (Lipinski definition) is 0. The smallest absolute Gasteiger partial charge is 0 e. The molecule has 0 nitrogen and oxygen atoms in total. The quantitative estimate of drug-likeness (QED) is 0.370. The molecule has 0 heterocycles. The summed E-state index contributed by atoms with van der Waals surface area (Å²) in [5.74, 6) is 0. The largest absolute Gasteiger partial charge is 0.0776 e. The summed E-state index contributed by atoms with van der Waals surface area (Å²) < 4.78 is 0. The van der Waals surface area contributed by atoms with Crippen LogP contribution in [0.2, 0.25) is 0 Å². The Labute approximate surface area is 172 Å². The van der Waals surface area contributed by atoms with Crippen molar-refractivity contribution in [2.24, 2.45) is 0 Å². The second-order valence-corrected chi connectivity index (χ2v) is 3.23. The number of benzene rings is 3. The van der Waals surface area contributed by atoms with E-state index in [2.05, 4.69) is 18.2 Å². The summed E-state index contributed by atoms with van der Waals surface area (Å²) in [5, 5.41) is 0. The molecule has 0 aliphatic heterocycles. The van der Waals surface area contributed by atoms with Crippen molar-refractivity contribution in [2.75, 3.05) is 0 Å². The van der Waals surface area contributed by atoms with Crippen molar-refractivity contribution in [3.8, 4) is 0 Å². The summed E-state index contributed by atoms with van der Waals surface area (Å²) >= 11 is 0. The molecule has 3 rings (SSSR count). The third kappa shape index (κ3) is 21.6. The average Bonchev–Trinajstić information content (AvgIpc) is 2.54. The van der Waals surface area contributed by atoms with Crippen LogP contribution in [0.3, 0.4) is 0 Å². The van der Waals surface area contributed by atoms with Crippen LogP contribution < -0.4 is 0 Å². The Hall–Kier alpha value is -0.743. The molecule has 11 radical (unpaired) electrons. The molecular formula is C20H25Sn2. The normalized spacial score (nSPS) is 6.55. The Morgan fingerprint density at radius 1 is 0.364 bits per heavy atom. The van der Waals surface area contributed by atoms with Gasteiger partial charge in [0.2, 0.25) is 0 Å². The first-order valence-electron chi connectivity index (χ1n) is 5.73. The molecule has 0 saturated heterocycles. The van der Waals surface area contributed by atoms with Crippen LogP contribution in [0, 0.1) is 18.2 Å². The maximum absolute atomic E-state index is 2.89. The van der Waals surface area contributed by atoms with Crippen molar-refractivity contribution in [2.45, 2.75) is 14.9 Å². The van der Waals surface area contributed by atoms with Gasteiger partial charge in [0.15, 0.2) is 0 Å². The molecule has 3 aromatic rings. The van der Waals surface area contributed by atoms with E-state index < -0.39 is 0 Å². The first kappa shape index (κ1) is 29.3. The van der Waals surface area contributed by atoms with Crippen LogP contribution in [0.25, 0.3) is 0 Å². The van der Waals surface area contributed by atoms with Crippen molar-refractivity contribution in [1.82, 2.24) is 0 Å². The van der Waals surface area contributed by atoms with E-state index in [1.807, 2.05) is 91.0 Å². The molecule has 0 spiro atoms. The van der Waals surface area contributed by atoms with E-state index in [0.717, 1.165) is 0 Å². The van der Waals surface area contributed by atoms with Crippen LogP contribution in [0.5, 0.6) is 0 Å². The average molecular weight is 503 g/mol. The predicted molar refractivity (Wildman–Crippen MR) is 103 cm³/mol. The minimum Gasteiger partial charge on any atom is -0.0776 e. The van der Waals surface area contributed by atoms with Gasteiger partial charge >= 0.3 is 0 Å². The van der Waals surface area contributed by atoms with Gasteiger partial charge in [0, 0.05) is 49.2 Å². The Balaban J connectivity index is -0.0000000635. The molecule has 0 saturated carbocycles. The van der Waals surface area contributed by atoms with E-state index in [9.17, 15) is 0 Å². The molecule has 0 bridgehead atoms. The van der Waals surface area contributed by atoms with Gasteiger partial charge in [0.1, 0.15) is 0 Å². The first-order chi connectivity index (χ1) is 9.00. The number of hydrogen-bond donors (Lipinski definition) is 0. The molecule has 0 N–H and O–H groups in total. The van der Waals surface area contributed by atoms with Gasteiger partial charge in [-0.3, -0.25) is 0 Å². The predicted octanol–water partition coefficient (Wildman–Crippen LogP) is 5.22. The van der Waals surface area contributed by atoms with Crippen LogP contribution in [0.15, 0.2) is 91.0 Å². The van der Waals surface area contributed by atoms with Crippen LogP contribution >= 0.6 is 0 Å². The van der Waals surface area contributed by atoms with Gasteiger partial charge in [-0.25, -0.2) is 0 Å². The zero-order valence-electron chi connectivity index (χ0n) is 11.2. The topological polar surface area (TPSA) is 0 Å². The van der Waals surface area contributed by atoms with E-state index in [-0.39, 0.29) is 64.1 Å². The van der Waals surface area contributed by atoms with Gasteiger partial charge in [-0.1, -0.05) is 106 Å². The molecule has 0 amide bonds. The van der Waals surface area contributed by atoms with E-state index in [1.54, 1.807) is 0 Å². The van der Waals surface area contributed by atoms with Crippen molar-refractivity contribution < 1.29 is 1.43 Å². The van der Waals surface area contributed by atoms with Crippen molar-refractivity contribution >= 4 is 47.8 Å². The van der Waals surface area contributed by atoms with Gasteiger partial charge in [-0.15, -0.1) is 0 Å². The second-order valence-electron chi connectivity index (χ2n) is 3.23. The molecule has 0 aliphatic carbocycles. The van der Waals surface area contributed by atoms with Crippen molar-refractivity contribution in [3.05, 3.63) is 109 Å². The molecule has 3 aromatic carbocycles. The van der Waals surface area contributed by atoms with Crippen LogP contribution in [-0.2, 0) is 0 Å². The Morgan fingerprint density at radius 2 is 0.545 bits per heavy atom. The molecule has 0 atom stereocenters. The fraction of sp³-hybridized carbons (Fsp3) is 0.100. The van der Waals surface area contributed by atoms with E-state index in [4.69, 9.17) is 0 Å². The third-order valence-electron chi connectivity index (χ3n) is 1.82. The maximum atomic E-state index is 2.89. The van der Waals surface area contributed by atoms with Gasteiger partial charge in [-0.2, -0.15) is 0 Å². The maximum Gasteiger partial charge on any atom is 0 e. The van der Waals surface area contributed by atoms with E-state index >= 15 is 0 Å². The molecular weight excluding hydrogens is 478 g/mol. The van der Waals surface area contributed by atoms with E-state index in [0.29, 0.717) is 0 Å². The van der Waals surface area contributed by atoms with Gasteiger partial charge < -0.3 is 0 Å². The Bertz CT molecular complexity index is 306. The van der Waals surface area contributed by atoms with Gasteiger partial charge in [0.05, 0.1) is 0 Å². The van der Waals surface area contributed by atoms with Crippen LogP contribution in [0.4, 0.5) is 0 Å². The fourth-order valence-electron chi connectivity index (χ4n) is 1.03. The SMILES string of the molecule is C.C.[HH].[Sn].[Sn].[c]1ccccc1.[c]1ccccc1.[c]1ccccc1. The minimum absolute atomic E-state index is 0. The van der Waals surface area contributed by atoms with Crippen LogP contribution in [-0.4, -0.2) is 47.8 Å². The molecule has 0 aliphatic rings. The van der Waals surface area contributed by atoms with Gasteiger partial charge in [0.25, 0.3) is 0 Å².